The number of Topliss-reactive ketones (excluding diaryl/α,β-unsaturated/α-hetero) is 1. The molecule has 0 unspecified atom stereocenters. The van der Waals surface area contributed by atoms with Crippen molar-refractivity contribution in [2.24, 2.45) is 5.92 Å². The number of piperazine rings is 1. The second-order valence-electron chi connectivity index (χ2n) is 11.3. The van der Waals surface area contributed by atoms with Gasteiger partial charge in [0, 0.05) is 48.9 Å². The molecule has 0 bridgehead atoms. The maximum atomic E-state index is 14.5. The van der Waals surface area contributed by atoms with E-state index in [9.17, 15) is 29.4 Å². The van der Waals surface area contributed by atoms with Crippen LogP contribution in [0.2, 0.25) is 0 Å². The largest absolute Gasteiger partial charge is 0.389 e. The van der Waals surface area contributed by atoms with Gasteiger partial charge in [0.2, 0.25) is 11.8 Å². The number of aliphatic hydroxyl groups excluding tert-OH is 1. The maximum absolute atomic E-state index is 14.5. The average molecular weight is 583 g/mol. The van der Waals surface area contributed by atoms with E-state index in [1.165, 1.54) is 4.90 Å². The van der Waals surface area contributed by atoms with Gasteiger partial charge in [-0.15, -0.1) is 0 Å². The van der Waals surface area contributed by atoms with Crippen LogP contribution in [0.15, 0.2) is 78.9 Å². The van der Waals surface area contributed by atoms with Crippen molar-refractivity contribution in [1.82, 2.24) is 15.5 Å². The van der Waals surface area contributed by atoms with Crippen molar-refractivity contribution in [3.05, 3.63) is 90.0 Å². The van der Waals surface area contributed by atoms with E-state index in [0.717, 1.165) is 16.8 Å². The van der Waals surface area contributed by atoms with Crippen LogP contribution in [-0.4, -0.2) is 83.5 Å². The molecule has 3 atom stereocenters. The summed E-state index contributed by atoms with van der Waals surface area (Å²) in [6.07, 6.45) is 0.566. The SMILES string of the molecule is O=C1NCC[C@@H]1C[C@H](NC(=O)[C@@H]1CN(c2ccccc2)CCN1C(=O)C1(O)c2ccccc2-c2ccccc21)C(=O)CO. The van der Waals surface area contributed by atoms with Gasteiger partial charge in [-0.2, -0.15) is 0 Å². The summed E-state index contributed by atoms with van der Waals surface area (Å²) in [5.74, 6) is -2.51. The predicted octanol–water partition coefficient (Wildman–Crippen LogP) is 1.19. The first kappa shape index (κ1) is 28.6. The third-order valence-electron chi connectivity index (χ3n) is 8.84. The molecule has 6 rings (SSSR count). The minimum Gasteiger partial charge on any atom is -0.389 e. The highest BCUT2D eigenvalue weighted by Gasteiger charge is 2.52. The minimum atomic E-state index is -2.01. The molecule has 2 aliphatic heterocycles. The Morgan fingerprint density at radius 3 is 2.16 bits per heavy atom. The summed E-state index contributed by atoms with van der Waals surface area (Å²) in [7, 11) is 0. The van der Waals surface area contributed by atoms with E-state index in [2.05, 4.69) is 10.6 Å². The van der Waals surface area contributed by atoms with Crippen molar-refractivity contribution in [2.45, 2.75) is 30.5 Å². The number of para-hydroxylation sites is 1. The highest BCUT2D eigenvalue weighted by atomic mass is 16.3. The van der Waals surface area contributed by atoms with Crippen molar-refractivity contribution in [1.29, 1.82) is 0 Å². The molecular weight excluding hydrogens is 548 g/mol. The average Bonchev–Trinajstić information content (AvgIpc) is 3.58. The number of fused-ring (bicyclic) bond motifs is 3. The topological polar surface area (TPSA) is 139 Å². The van der Waals surface area contributed by atoms with Crippen LogP contribution in [0.1, 0.15) is 24.0 Å². The molecule has 3 aliphatic rings. The zero-order valence-corrected chi connectivity index (χ0v) is 23.6. The summed E-state index contributed by atoms with van der Waals surface area (Å²) in [6.45, 7) is 0.360. The molecule has 3 aromatic carbocycles. The van der Waals surface area contributed by atoms with E-state index >= 15 is 0 Å². The lowest BCUT2D eigenvalue weighted by atomic mass is 9.88. The standard InChI is InChI=1S/C33H34N4O6/c38-20-29(39)27(18-21-14-15-34-30(21)40)35-31(41)28-19-36(22-8-2-1-3-9-22)16-17-37(28)32(42)33(43)25-12-6-4-10-23(25)24-11-5-7-13-26(24)33/h1-13,21,27-28,38,43H,14-20H2,(H,34,40)(H,35,41)/t21-,27+,28+/m1/s1. The first-order valence-electron chi connectivity index (χ1n) is 14.6. The lowest BCUT2D eigenvalue weighted by molar-refractivity contribution is -0.154. The Kier molecular flexibility index (Phi) is 7.72. The number of ketones is 1. The van der Waals surface area contributed by atoms with E-state index in [4.69, 9.17) is 0 Å². The Bertz CT molecular complexity index is 1510. The predicted molar refractivity (Wildman–Crippen MR) is 159 cm³/mol. The quantitative estimate of drug-likeness (QED) is 0.313. The smallest absolute Gasteiger partial charge is 0.264 e. The molecule has 0 saturated carbocycles. The summed E-state index contributed by atoms with van der Waals surface area (Å²) in [4.78, 5) is 56.9. The van der Waals surface area contributed by atoms with Crippen molar-refractivity contribution < 1.29 is 29.4 Å². The van der Waals surface area contributed by atoms with Crippen molar-refractivity contribution in [3.63, 3.8) is 0 Å². The van der Waals surface area contributed by atoms with Gasteiger partial charge >= 0.3 is 0 Å². The van der Waals surface area contributed by atoms with E-state index in [1.807, 2.05) is 59.5 Å². The second-order valence-corrected chi connectivity index (χ2v) is 11.3. The molecule has 3 amide bonds. The van der Waals surface area contributed by atoms with Gasteiger partial charge in [-0.25, -0.2) is 0 Å². The molecule has 222 valence electrons. The van der Waals surface area contributed by atoms with Gasteiger partial charge in [0.1, 0.15) is 12.6 Å². The summed E-state index contributed by atoms with van der Waals surface area (Å²) in [6, 6.07) is 21.7. The molecule has 0 spiro atoms. The number of nitrogens with one attached hydrogen (secondary N) is 2. The second kappa shape index (κ2) is 11.6. The molecular formula is C33H34N4O6. The number of anilines is 1. The van der Waals surface area contributed by atoms with Crippen molar-refractivity contribution in [2.75, 3.05) is 37.7 Å². The molecule has 0 aromatic heterocycles. The van der Waals surface area contributed by atoms with E-state index in [-0.39, 0.29) is 25.4 Å². The van der Waals surface area contributed by atoms with E-state index < -0.39 is 47.8 Å². The number of rotatable bonds is 8. The van der Waals surface area contributed by atoms with Crippen LogP contribution in [0.5, 0.6) is 0 Å². The minimum absolute atomic E-state index is 0.0464. The van der Waals surface area contributed by atoms with Gasteiger partial charge in [-0.05, 0) is 36.1 Å². The van der Waals surface area contributed by atoms with Gasteiger partial charge in [-0.1, -0.05) is 66.7 Å². The number of hydrogen-bond acceptors (Lipinski definition) is 7. The van der Waals surface area contributed by atoms with Gasteiger partial charge in [0.05, 0.1) is 6.04 Å². The first-order chi connectivity index (χ1) is 20.8. The summed E-state index contributed by atoms with van der Waals surface area (Å²) in [5.41, 5.74) is 1.26. The summed E-state index contributed by atoms with van der Waals surface area (Å²) >= 11 is 0. The Morgan fingerprint density at radius 1 is 0.930 bits per heavy atom. The number of aliphatic hydroxyl groups is 2. The lowest BCUT2D eigenvalue weighted by Gasteiger charge is -2.44. The molecule has 2 heterocycles. The van der Waals surface area contributed by atoms with Gasteiger partial charge < -0.3 is 30.6 Å². The number of carbonyl (C=O) groups is 4. The van der Waals surface area contributed by atoms with Crippen LogP contribution in [0, 0.1) is 5.92 Å². The molecule has 1 aliphatic carbocycles. The normalized spacial score (nSPS) is 21.0. The first-order valence-corrected chi connectivity index (χ1v) is 14.6. The zero-order chi connectivity index (χ0) is 30.1. The fourth-order valence-corrected chi connectivity index (χ4v) is 6.58. The van der Waals surface area contributed by atoms with E-state index in [1.54, 1.807) is 24.3 Å². The molecule has 10 heteroatoms. The van der Waals surface area contributed by atoms with Gasteiger partial charge in [-0.3, -0.25) is 19.2 Å². The van der Waals surface area contributed by atoms with Gasteiger partial charge in [0.15, 0.2) is 11.4 Å². The van der Waals surface area contributed by atoms with Crippen LogP contribution in [0.4, 0.5) is 5.69 Å². The third kappa shape index (κ3) is 5.06. The monoisotopic (exact) mass is 582 g/mol. The third-order valence-corrected chi connectivity index (χ3v) is 8.84. The Hall–Kier alpha value is -4.54. The zero-order valence-electron chi connectivity index (χ0n) is 23.6. The van der Waals surface area contributed by atoms with Crippen molar-refractivity contribution >= 4 is 29.2 Å². The number of benzene rings is 3. The van der Waals surface area contributed by atoms with E-state index in [0.29, 0.717) is 30.6 Å². The summed E-state index contributed by atoms with van der Waals surface area (Å²) in [5, 5.41) is 27.4. The summed E-state index contributed by atoms with van der Waals surface area (Å²) < 4.78 is 0. The van der Waals surface area contributed by atoms with Crippen LogP contribution in [0.25, 0.3) is 11.1 Å². The number of hydrogen-bond donors (Lipinski definition) is 4. The number of amides is 3. The highest BCUT2D eigenvalue weighted by Crippen LogP contribution is 2.48. The van der Waals surface area contributed by atoms with Crippen LogP contribution >= 0.6 is 0 Å². The number of nitrogens with zero attached hydrogens (tertiary/aromatic N) is 2. The Labute approximate surface area is 249 Å². The maximum Gasteiger partial charge on any atom is 0.264 e. The molecule has 10 nitrogen and oxygen atoms in total. The fraction of sp³-hybridized carbons (Fsp3) is 0.333. The molecule has 43 heavy (non-hydrogen) atoms. The molecule has 0 radical (unpaired) electrons. The molecule has 4 N–H and O–H groups in total. The Morgan fingerprint density at radius 2 is 1.56 bits per heavy atom. The number of carbonyl (C=O) groups excluding carboxylic acids is 4. The highest BCUT2D eigenvalue weighted by molar-refractivity contribution is 6.01. The fourth-order valence-electron chi connectivity index (χ4n) is 6.58. The van der Waals surface area contributed by atoms with Crippen LogP contribution < -0.4 is 15.5 Å². The lowest BCUT2D eigenvalue weighted by Crippen LogP contribution is -2.65. The molecule has 2 fully saturated rings. The van der Waals surface area contributed by atoms with Crippen LogP contribution in [0.3, 0.4) is 0 Å². The van der Waals surface area contributed by atoms with Crippen LogP contribution in [-0.2, 0) is 24.8 Å². The molecule has 2 saturated heterocycles. The Balaban J connectivity index is 1.34. The van der Waals surface area contributed by atoms with Crippen molar-refractivity contribution in [3.8, 4) is 11.1 Å². The van der Waals surface area contributed by atoms with Gasteiger partial charge in [0.25, 0.3) is 5.91 Å². The molecule has 3 aromatic rings.